The van der Waals surface area contributed by atoms with Gasteiger partial charge in [-0.05, 0) is 6.42 Å². The minimum Gasteiger partial charge on any atom is -0.303 e. The molecule has 0 bridgehead atoms. The van der Waals surface area contributed by atoms with E-state index in [-0.39, 0.29) is 12.3 Å². The summed E-state index contributed by atoms with van der Waals surface area (Å²) >= 11 is 0. The molecule has 0 heterocycles. The Labute approximate surface area is 93.4 Å². The van der Waals surface area contributed by atoms with Crippen LogP contribution in [0.3, 0.4) is 0 Å². The zero-order chi connectivity index (χ0) is 11.4. The molecule has 0 aromatic heterocycles. The highest BCUT2D eigenvalue weighted by Crippen LogP contribution is 2.13. The van der Waals surface area contributed by atoms with Crippen LogP contribution in [0.5, 0.6) is 0 Å². The number of carbonyl (C=O) groups is 1. The zero-order valence-electron chi connectivity index (χ0n) is 9.84. The van der Waals surface area contributed by atoms with Crippen LogP contribution in [0.2, 0.25) is 0 Å². The monoisotopic (exact) mass is 211 g/mol. The molecule has 1 unspecified atom stereocenters. The summed E-state index contributed by atoms with van der Waals surface area (Å²) in [6, 6.07) is 0. The van der Waals surface area contributed by atoms with E-state index in [0.29, 0.717) is 0 Å². The third-order valence-corrected chi connectivity index (χ3v) is 2.72. The Morgan fingerprint density at radius 1 is 1.07 bits per heavy atom. The molecule has 0 amide bonds. The highest BCUT2D eigenvalue weighted by molar-refractivity contribution is 5.62. The molecule has 0 aromatic rings. The van der Waals surface area contributed by atoms with E-state index in [1.165, 1.54) is 38.5 Å². The smallest absolute Gasteiger partial charge is 0.199 e. The van der Waals surface area contributed by atoms with Crippen molar-refractivity contribution in [2.75, 3.05) is 0 Å². The Morgan fingerprint density at radius 3 is 2.20 bits per heavy atom. The number of carbonyl (C=O) groups excluding carboxylic acids is 2. The molecule has 1 radical (unpaired) electrons. The summed E-state index contributed by atoms with van der Waals surface area (Å²) in [5.41, 5.74) is 0. The fourth-order valence-electron chi connectivity index (χ4n) is 1.69. The van der Waals surface area contributed by atoms with Gasteiger partial charge in [-0.2, -0.15) is 0 Å². The lowest BCUT2D eigenvalue weighted by molar-refractivity contribution is -0.111. The quantitative estimate of drug-likeness (QED) is 0.387. The van der Waals surface area contributed by atoms with Gasteiger partial charge in [0.2, 0.25) is 0 Å². The SMILES string of the molecule is CCCCCCCCCC(C=O)C[C]=O. The average molecular weight is 211 g/mol. The van der Waals surface area contributed by atoms with Crippen molar-refractivity contribution in [3.05, 3.63) is 0 Å². The standard InChI is InChI=1S/C13H23O2/c1-2-3-4-5-6-7-8-9-13(12-15)10-11-14/h12-13H,2-10H2,1H3. The van der Waals surface area contributed by atoms with Crippen LogP contribution in [0.25, 0.3) is 0 Å². The summed E-state index contributed by atoms with van der Waals surface area (Å²) in [5, 5.41) is 0. The van der Waals surface area contributed by atoms with Crippen LogP contribution in [0.15, 0.2) is 0 Å². The van der Waals surface area contributed by atoms with Crippen molar-refractivity contribution < 1.29 is 9.59 Å². The van der Waals surface area contributed by atoms with Crippen LogP contribution in [0, 0.1) is 5.92 Å². The van der Waals surface area contributed by atoms with Gasteiger partial charge < -0.3 is 4.79 Å². The van der Waals surface area contributed by atoms with Crippen LogP contribution < -0.4 is 0 Å². The summed E-state index contributed by atoms with van der Waals surface area (Å²) in [6.45, 7) is 2.21. The Morgan fingerprint density at radius 2 is 1.67 bits per heavy atom. The lowest BCUT2D eigenvalue weighted by Crippen LogP contribution is -2.02. The second-order valence-electron chi connectivity index (χ2n) is 4.15. The number of rotatable bonds is 11. The van der Waals surface area contributed by atoms with E-state index in [0.717, 1.165) is 19.1 Å². The first-order chi connectivity index (χ1) is 7.35. The molecule has 0 aliphatic rings. The third kappa shape index (κ3) is 9.64. The second kappa shape index (κ2) is 11.4. The third-order valence-electron chi connectivity index (χ3n) is 2.72. The molecule has 0 aliphatic heterocycles. The number of hydrogen-bond acceptors (Lipinski definition) is 2. The first-order valence-electron chi connectivity index (χ1n) is 6.15. The molecule has 0 spiro atoms. The lowest BCUT2D eigenvalue weighted by Gasteiger charge is -2.05. The van der Waals surface area contributed by atoms with Crippen molar-refractivity contribution in [1.82, 2.24) is 0 Å². The molecular formula is C13H23O2. The van der Waals surface area contributed by atoms with E-state index in [9.17, 15) is 9.59 Å². The average Bonchev–Trinajstić information content (AvgIpc) is 2.26. The summed E-state index contributed by atoms with van der Waals surface area (Å²) < 4.78 is 0. The topological polar surface area (TPSA) is 34.1 Å². The van der Waals surface area contributed by atoms with Gasteiger partial charge in [-0.1, -0.05) is 51.9 Å². The van der Waals surface area contributed by atoms with Crippen LogP contribution in [-0.4, -0.2) is 12.6 Å². The van der Waals surface area contributed by atoms with E-state index in [2.05, 4.69) is 6.92 Å². The van der Waals surface area contributed by atoms with Gasteiger partial charge in [0.25, 0.3) is 0 Å². The van der Waals surface area contributed by atoms with Crippen molar-refractivity contribution in [1.29, 1.82) is 0 Å². The summed E-state index contributed by atoms with van der Waals surface area (Å²) in [5.74, 6) is -0.0851. The highest BCUT2D eigenvalue weighted by Gasteiger charge is 2.05. The predicted molar refractivity (Wildman–Crippen MR) is 62.5 cm³/mol. The van der Waals surface area contributed by atoms with Gasteiger partial charge in [0.15, 0.2) is 6.29 Å². The Hall–Kier alpha value is -0.660. The molecule has 0 aliphatic carbocycles. The van der Waals surface area contributed by atoms with Gasteiger partial charge in [0.1, 0.15) is 6.29 Å². The van der Waals surface area contributed by atoms with Crippen LogP contribution in [-0.2, 0) is 9.59 Å². The number of hydrogen-bond donors (Lipinski definition) is 0. The van der Waals surface area contributed by atoms with Gasteiger partial charge in [-0.3, -0.25) is 4.79 Å². The number of unbranched alkanes of at least 4 members (excludes halogenated alkanes) is 6. The van der Waals surface area contributed by atoms with Gasteiger partial charge in [0, 0.05) is 12.3 Å². The molecule has 0 aromatic carbocycles. The van der Waals surface area contributed by atoms with E-state index in [4.69, 9.17) is 0 Å². The largest absolute Gasteiger partial charge is 0.303 e. The molecule has 2 nitrogen and oxygen atoms in total. The van der Waals surface area contributed by atoms with Crippen molar-refractivity contribution in [2.24, 2.45) is 5.92 Å². The second-order valence-corrected chi connectivity index (χ2v) is 4.15. The van der Waals surface area contributed by atoms with E-state index < -0.39 is 0 Å². The van der Waals surface area contributed by atoms with Gasteiger partial charge in [-0.15, -0.1) is 0 Å². The summed E-state index contributed by atoms with van der Waals surface area (Å²) in [7, 11) is 0. The van der Waals surface area contributed by atoms with Crippen molar-refractivity contribution in [3.8, 4) is 0 Å². The molecule has 0 N–H and O–H groups in total. The van der Waals surface area contributed by atoms with E-state index in [1.807, 2.05) is 0 Å². The first-order valence-corrected chi connectivity index (χ1v) is 6.15. The fraction of sp³-hybridized carbons (Fsp3) is 0.846. The molecule has 1 atom stereocenters. The Bertz CT molecular complexity index is 155. The van der Waals surface area contributed by atoms with Gasteiger partial charge >= 0.3 is 0 Å². The predicted octanol–water partition coefficient (Wildman–Crippen LogP) is 3.44. The van der Waals surface area contributed by atoms with Crippen LogP contribution in [0.4, 0.5) is 0 Å². The fourth-order valence-corrected chi connectivity index (χ4v) is 1.69. The van der Waals surface area contributed by atoms with Crippen LogP contribution in [0.1, 0.15) is 64.7 Å². The van der Waals surface area contributed by atoms with Crippen LogP contribution >= 0.6 is 0 Å². The maximum absolute atomic E-state index is 10.5. The summed E-state index contributed by atoms with van der Waals surface area (Å²) in [4.78, 5) is 20.6. The van der Waals surface area contributed by atoms with Gasteiger partial charge in [0.05, 0.1) is 0 Å². The normalized spacial score (nSPS) is 12.3. The van der Waals surface area contributed by atoms with Crippen molar-refractivity contribution in [3.63, 3.8) is 0 Å². The minimum absolute atomic E-state index is 0.0851. The molecule has 0 fully saturated rings. The maximum atomic E-state index is 10.5. The Balaban J connectivity index is 3.21. The molecule has 0 rings (SSSR count). The zero-order valence-corrected chi connectivity index (χ0v) is 9.84. The Kier molecular flexibility index (Phi) is 10.9. The summed E-state index contributed by atoms with van der Waals surface area (Å²) in [6.07, 6.45) is 12.6. The minimum atomic E-state index is -0.0851. The molecular weight excluding hydrogens is 188 g/mol. The lowest BCUT2D eigenvalue weighted by atomic mass is 9.99. The highest BCUT2D eigenvalue weighted by atomic mass is 16.1. The van der Waals surface area contributed by atoms with Gasteiger partial charge in [-0.25, -0.2) is 0 Å². The van der Waals surface area contributed by atoms with Crippen molar-refractivity contribution >= 4 is 12.6 Å². The van der Waals surface area contributed by atoms with E-state index >= 15 is 0 Å². The molecule has 0 saturated heterocycles. The molecule has 87 valence electrons. The molecule has 0 saturated carbocycles. The van der Waals surface area contributed by atoms with E-state index in [1.54, 1.807) is 6.29 Å². The number of aldehydes is 1. The first kappa shape index (κ1) is 14.3. The molecule has 15 heavy (non-hydrogen) atoms. The maximum Gasteiger partial charge on any atom is 0.199 e. The van der Waals surface area contributed by atoms with Crippen molar-refractivity contribution in [2.45, 2.75) is 64.7 Å². The molecule has 2 heteroatoms.